The van der Waals surface area contributed by atoms with Crippen molar-refractivity contribution in [3.8, 4) is 0 Å². The van der Waals surface area contributed by atoms with Gasteiger partial charge in [-0.1, -0.05) is 0 Å². The lowest BCUT2D eigenvalue weighted by Gasteiger charge is -2.13. The van der Waals surface area contributed by atoms with E-state index in [9.17, 15) is 27.2 Å². The van der Waals surface area contributed by atoms with Gasteiger partial charge in [0, 0.05) is 18.0 Å². The number of amides is 2. The Morgan fingerprint density at radius 1 is 1.35 bits per heavy atom. The highest BCUT2D eigenvalue weighted by atomic mass is 19.4. The van der Waals surface area contributed by atoms with Crippen molar-refractivity contribution in [3.63, 3.8) is 0 Å². The minimum atomic E-state index is -4.89. The van der Waals surface area contributed by atoms with E-state index in [0.717, 1.165) is 6.07 Å². The van der Waals surface area contributed by atoms with Gasteiger partial charge < -0.3 is 11.1 Å². The molecule has 1 aromatic rings. The molecular weight excluding hydrogens is 280 g/mol. The van der Waals surface area contributed by atoms with Crippen LogP contribution >= 0.6 is 0 Å². The second-order valence-corrected chi connectivity index (χ2v) is 4.24. The van der Waals surface area contributed by atoms with Gasteiger partial charge in [-0.25, -0.2) is 4.39 Å². The Kier molecular flexibility index (Phi) is 4.69. The van der Waals surface area contributed by atoms with E-state index in [1.807, 2.05) is 0 Å². The Bertz CT molecular complexity index is 529. The summed E-state index contributed by atoms with van der Waals surface area (Å²) in [5, 5.41) is 2.30. The van der Waals surface area contributed by atoms with Gasteiger partial charge in [-0.2, -0.15) is 13.2 Å². The lowest BCUT2D eigenvalue weighted by atomic mass is 10.1. The van der Waals surface area contributed by atoms with Crippen molar-refractivity contribution >= 4 is 11.8 Å². The quantitative estimate of drug-likeness (QED) is 0.831. The molecule has 0 aliphatic carbocycles. The maximum Gasteiger partial charge on any atom is 0.419 e. The molecule has 110 valence electrons. The van der Waals surface area contributed by atoms with Crippen LogP contribution in [0.1, 0.15) is 29.3 Å². The Labute approximate surface area is 111 Å². The van der Waals surface area contributed by atoms with Crippen LogP contribution in [-0.2, 0) is 11.0 Å². The molecule has 0 saturated carbocycles. The standard InChI is InChI=1S/C12H12F4N2O2/c1-6(4-10(17)19)18-11(20)7-2-3-9(13)8(5-7)12(14,15)16/h2-3,5-6H,4H2,1H3,(H2,17,19)(H,18,20). The summed E-state index contributed by atoms with van der Waals surface area (Å²) >= 11 is 0. The van der Waals surface area contributed by atoms with Crippen molar-refractivity contribution in [2.45, 2.75) is 25.6 Å². The maximum absolute atomic E-state index is 13.1. The first kappa shape index (κ1) is 15.9. The monoisotopic (exact) mass is 292 g/mol. The minimum absolute atomic E-state index is 0.154. The van der Waals surface area contributed by atoms with Gasteiger partial charge in [-0.15, -0.1) is 0 Å². The van der Waals surface area contributed by atoms with Crippen LogP contribution in [0.25, 0.3) is 0 Å². The highest BCUT2D eigenvalue weighted by Gasteiger charge is 2.34. The number of benzene rings is 1. The fourth-order valence-corrected chi connectivity index (χ4v) is 1.54. The number of halogens is 4. The van der Waals surface area contributed by atoms with Crippen LogP contribution in [-0.4, -0.2) is 17.9 Å². The number of carbonyl (C=O) groups is 2. The molecule has 0 heterocycles. The number of hydrogen-bond acceptors (Lipinski definition) is 2. The molecule has 0 spiro atoms. The van der Waals surface area contributed by atoms with E-state index in [1.54, 1.807) is 0 Å². The summed E-state index contributed by atoms with van der Waals surface area (Å²) in [4.78, 5) is 22.3. The average Bonchev–Trinajstić information content (AvgIpc) is 2.26. The van der Waals surface area contributed by atoms with E-state index < -0.39 is 35.4 Å². The fourth-order valence-electron chi connectivity index (χ4n) is 1.54. The molecule has 4 nitrogen and oxygen atoms in total. The average molecular weight is 292 g/mol. The van der Waals surface area contributed by atoms with E-state index in [1.165, 1.54) is 6.92 Å². The molecule has 3 N–H and O–H groups in total. The lowest BCUT2D eigenvalue weighted by molar-refractivity contribution is -0.140. The van der Waals surface area contributed by atoms with Crippen molar-refractivity contribution in [1.29, 1.82) is 0 Å². The smallest absolute Gasteiger partial charge is 0.370 e. The van der Waals surface area contributed by atoms with Gasteiger partial charge in [-0.3, -0.25) is 9.59 Å². The maximum atomic E-state index is 13.1. The first-order valence-electron chi connectivity index (χ1n) is 5.57. The lowest BCUT2D eigenvalue weighted by Crippen LogP contribution is -2.35. The largest absolute Gasteiger partial charge is 0.419 e. The van der Waals surface area contributed by atoms with E-state index in [4.69, 9.17) is 5.73 Å². The summed E-state index contributed by atoms with van der Waals surface area (Å²) in [5.74, 6) is -2.96. The normalized spacial score (nSPS) is 12.8. The summed E-state index contributed by atoms with van der Waals surface area (Å²) in [6, 6.07) is 1.27. The molecule has 0 saturated heterocycles. The number of carbonyl (C=O) groups excluding carboxylic acids is 2. The van der Waals surface area contributed by atoms with E-state index in [0.29, 0.717) is 12.1 Å². The van der Waals surface area contributed by atoms with Gasteiger partial charge in [0.15, 0.2) is 0 Å². The first-order chi connectivity index (χ1) is 9.11. The van der Waals surface area contributed by atoms with Crippen LogP contribution in [0.4, 0.5) is 17.6 Å². The molecule has 0 aromatic heterocycles. The van der Waals surface area contributed by atoms with Crippen molar-refractivity contribution in [2.24, 2.45) is 5.73 Å². The summed E-state index contributed by atoms with van der Waals surface area (Å²) in [5.41, 5.74) is 3.05. The molecule has 1 rings (SSSR count). The molecular formula is C12H12F4N2O2. The second-order valence-electron chi connectivity index (χ2n) is 4.24. The SMILES string of the molecule is CC(CC(N)=O)NC(=O)c1ccc(F)c(C(F)(F)F)c1. The zero-order valence-corrected chi connectivity index (χ0v) is 10.4. The van der Waals surface area contributed by atoms with Crippen LogP contribution in [0.15, 0.2) is 18.2 Å². The summed E-state index contributed by atoms with van der Waals surface area (Å²) in [6.45, 7) is 1.47. The molecule has 0 radical (unpaired) electrons. The number of alkyl halides is 3. The predicted molar refractivity (Wildman–Crippen MR) is 62.1 cm³/mol. The van der Waals surface area contributed by atoms with Crippen molar-refractivity contribution in [1.82, 2.24) is 5.32 Å². The Morgan fingerprint density at radius 3 is 2.45 bits per heavy atom. The minimum Gasteiger partial charge on any atom is -0.370 e. The Morgan fingerprint density at radius 2 is 1.95 bits per heavy atom. The highest BCUT2D eigenvalue weighted by Crippen LogP contribution is 2.31. The topological polar surface area (TPSA) is 72.2 Å². The second kappa shape index (κ2) is 5.89. The number of nitrogens with one attached hydrogen (secondary N) is 1. The van der Waals surface area contributed by atoms with Crippen LogP contribution < -0.4 is 11.1 Å². The molecule has 2 amide bonds. The van der Waals surface area contributed by atoms with Crippen molar-refractivity contribution in [3.05, 3.63) is 35.1 Å². The van der Waals surface area contributed by atoms with Crippen LogP contribution in [0, 0.1) is 5.82 Å². The molecule has 0 bridgehead atoms. The van der Waals surface area contributed by atoms with E-state index in [-0.39, 0.29) is 12.0 Å². The third-order valence-electron chi connectivity index (χ3n) is 2.42. The molecule has 20 heavy (non-hydrogen) atoms. The number of nitrogens with two attached hydrogens (primary N) is 1. The third-order valence-corrected chi connectivity index (χ3v) is 2.42. The molecule has 0 aliphatic rings. The van der Waals surface area contributed by atoms with E-state index in [2.05, 4.69) is 5.32 Å². The molecule has 8 heteroatoms. The number of rotatable bonds is 4. The summed E-state index contributed by atoms with van der Waals surface area (Å²) in [6.07, 6.45) is -5.04. The summed E-state index contributed by atoms with van der Waals surface area (Å²) < 4.78 is 50.5. The van der Waals surface area contributed by atoms with Gasteiger partial charge in [0.05, 0.1) is 5.56 Å². The van der Waals surface area contributed by atoms with Gasteiger partial charge >= 0.3 is 6.18 Å². The number of hydrogen-bond donors (Lipinski definition) is 2. The Hall–Kier alpha value is -2.12. The highest BCUT2D eigenvalue weighted by molar-refractivity contribution is 5.94. The molecule has 1 atom stereocenters. The molecule has 1 unspecified atom stereocenters. The van der Waals surface area contributed by atoms with Gasteiger partial charge in [0.2, 0.25) is 5.91 Å². The molecule has 0 aliphatic heterocycles. The van der Waals surface area contributed by atoms with Gasteiger partial charge in [-0.05, 0) is 25.1 Å². The Balaban J connectivity index is 2.92. The third kappa shape index (κ3) is 4.22. The molecule has 0 fully saturated rings. The van der Waals surface area contributed by atoms with Crippen molar-refractivity contribution < 1.29 is 27.2 Å². The van der Waals surface area contributed by atoms with E-state index >= 15 is 0 Å². The van der Waals surface area contributed by atoms with Crippen LogP contribution in [0.3, 0.4) is 0 Å². The van der Waals surface area contributed by atoms with Crippen LogP contribution in [0.5, 0.6) is 0 Å². The number of primary amides is 1. The predicted octanol–water partition coefficient (Wildman–Crippen LogP) is 1.84. The van der Waals surface area contributed by atoms with Gasteiger partial charge in [0.1, 0.15) is 5.82 Å². The zero-order valence-electron chi connectivity index (χ0n) is 10.4. The molecule has 1 aromatic carbocycles. The zero-order chi connectivity index (χ0) is 15.5. The van der Waals surface area contributed by atoms with Gasteiger partial charge in [0.25, 0.3) is 5.91 Å². The fraction of sp³-hybridized carbons (Fsp3) is 0.333. The van der Waals surface area contributed by atoms with Crippen molar-refractivity contribution in [2.75, 3.05) is 0 Å². The van der Waals surface area contributed by atoms with Crippen LogP contribution in [0.2, 0.25) is 0 Å². The first-order valence-corrected chi connectivity index (χ1v) is 5.57. The summed E-state index contributed by atoms with van der Waals surface area (Å²) in [7, 11) is 0.